The average molecular weight is 323 g/mol. The van der Waals surface area contributed by atoms with Crippen molar-refractivity contribution in [1.82, 2.24) is 0 Å². The minimum atomic E-state index is -3.99. The molecule has 0 unspecified atom stereocenters. The van der Waals surface area contributed by atoms with Gasteiger partial charge in [-0.2, -0.15) is 8.78 Å². The molecule has 1 N–H and O–H groups in total. The number of hydrogen-bond donors (Lipinski definition) is 1. The molecule has 0 spiro atoms. The summed E-state index contributed by atoms with van der Waals surface area (Å²) >= 11 is 3.20. The van der Waals surface area contributed by atoms with Gasteiger partial charge in [0.2, 0.25) is 0 Å². The molecule has 100 valence electrons. The lowest BCUT2D eigenvalue weighted by atomic mass is 9.94. The van der Waals surface area contributed by atoms with Crippen LogP contribution in [0.5, 0.6) is 5.75 Å². The molecule has 0 aliphatic heterocycles. The van der Waals surface area contributed by atoms with Crippen LogP contribution >= 0.6 is 15.9 Å². The Balaban J connectivity index is 3.78. The third kappa shape index (κ3) is 2.09. The van der Waals surface area contributed by atoms with Gasteiger partial charge in [-0.15, -0.1) is 0 Å². The molecule has 0 heterocycles. The van der Waals surface area contributed by atoms with Crippen LogP contribution in [0.25, 0.3) is 0 Å². The first-order chi connectivity index (χ1) is 8.16. The van der Waals surface area contributed by atoms with E-state index in [-0.39, 0.29) is 11.3 Å². The van der Waals surface area contributed by atoms with Crippen molar-refractivity contribution < 1.29 is 23.4 Å². The molecule has 0 fully saturated rings. The van der Waals surface area contributed by atoms with Crippen molar-refractivity contribution >= 4 is 21.9 Å². The maximum absolute atomic E-state index is 13.8. The zero-order valence-corrected chi connectivity index (χ0v) is 12.0. The molecule has 0 amide bonds. The summed E-state index contributed by atoms with van der Waals surface area (Å²) in [6.07, 6.45) is 0. The maximum atomic E-state index is 13.8. The lowest BCUT2D eigenvalue weighted by Gasteiger charge is -2.22. The number of rotatable bonds is 3. The van der Waals surface area contributed by atoms with E-state index >= 15 is 0 Å². The predicted octanol–water partition coefficient (Wildman–Crippen LogP) is 3.56. The lowest BCUT2D eigenvalue weighted by Crippen LogP contribution is -2.27. The van der Waals surface area contributed by atoms with Crippen molar-refractivity contribution in [3.05, 3.63) is 26.7 Å². The third-order valence-corrected chi connectivity index (χ3v) is 4.14. The summed E-state index contributed by atoms with van der Waals surface area (Å²) < 4.78 is 33.0. The van der Waals surface area contributed by atoms with E-state index in [2.05, 4.69) is 15.9 Å². The second-order valence-electron chi connectivity index (χ2n) is 3.98. The minimum absolute atomic E-state index is 0.0828. The van der Waals surface area contributed by atoms with Crippen molar-refractivity contribution in [2.45, 2.75) is 26.7 Å². The van der Waals surface area contributed by atoms with Crippen LogP contribution in [-0.2, 0) is 10.7 Å². The van der Waals surface area contributed by atoms with E-state index in [9.17, 15) is 13.6 Å². The Labute approximate surface area is 112 Å². The molecule has 0 aliphatic rings. The molecule has 1 rings (SSSR count). The monoisotopic (exact) mass is 322 g/mol. The van der Waals surface area contributed by atoms with Crippen LogP contribution in [0.3, 0.4) is 0 Å². The topological polar surface area (TPSA) is 46.5 Å². The highest BCUT2D eigenvalue weighted by Crippen LogP contribution is 2.44. The Kier molecular flexibility index (Phi) is 4.00. The Morgan fingerprint density at radius 2 is 1.72 bits per heavy atom. The average Bonchev–Trinajstić information content (AvgIpc) is 2.30. The van der Waals surface area contributed by atoms with Crippen molar-refractivity contribution in [2.75, 3.05) is 7.11 Å². The fourth-order valence-electron chi connectivity index (χ4n) is 1.82. The van der Waals surface area contributed by atoms with E-state index in [4.69, 9.17) is 9.84 Å². The highest BCUT2D eigenvalue weighted by atomic mass is 79.9. The number of halogens is 3. The number of benzene rings is 1. The molecular weight excluding hydrogens is 310 g/mol. The van der Waals surface area contributed by atoms with Crippen LogP contribution in [0.1, 0.15) is 22.3 Å². The smallest absolute Gasteiger partial charge is 0.379 e. The van der Waals surface area contributed by atoms with Gasteiger partial charge in [-0.05, 0) is 37.5 Å². The summed E-state index contributed by atoms with van der Waals surface area (Å²) in [5.74, 6) is -6.27. The summed E-state index contributed by atoms with van der Waals surface area (Å²) in [7, 11) is 1.25. The van der Waals surface area contributed by atoms with E-state index in [1.54, 1.807) is 13.8 Å². The molecule has 0 atom stereocenters. The third-order valence-electron chi connectivity index (χ3n) is 2.95. The van der Waals surface area contributed by atoms with Crippen LogP contribution in [0.2, 0.25) is 0 Å². The fourth-order valence-corrected chi connectivity index (χ4v) is 2.32. The Morgan fingerprint density at radius 1 is 1.22 bits per heavy atom. The summed E-state index contributed by atoms with van der Waals surface area (Å²) in [6, 6.07) is 0. The number of hydrogen-bond acceptors (Lipinski definition) is 2. The van der Waals surface area contributed by atoms with Gasteiger partial charge in [0.15, 0.2) is 0 Å². The lowest BCUT2D eigenvalue weighted by molar-refractivity contribution is -0.166. The van der Waals surface area contributed by atoms with Crippen molar-refractivity contribution in [3.8, 4) is 5.75 Å². The van der Waals surface area contributed by atoms with Crippen LogP contribution in [0.15, 0.2) is 4.47 Å². The van der Waals surface area contributed by atoms with E-state index in [1.165, 1.54) is 14.0 Å². The molecule has 0 saturated heterocycles. The predicted molar refractivity (Wildman–Crippen MR) is 66.4 cm³/mol. The van der Waals surface area contributed by atoms with Crippen LogP contribution in [0, 0.1) is 20.8 Å². The quantitative estimate of drug-likeness (QED) is 0.925. The van der Waals surface area contributed by atoms with Gasteiger partial charge in [-0.1, -0.05) is 15.9 Å². The Hall–Kier alpha value is -1.17. The SMILES string of the molecule is COc1c(C)c(C)c(Br)c(C)c1C(F)(F)C(=O)O. The first-order valence-electron chi connectivity index (χ1n) is 5.11. The molecule has 0 saturated carbocycles. The normalized spacial score (nSPS) is 11.5. The van der Waals surface area contributed by atoms with Crippen molar-refractivity contribution in [3.63, 3.8) is 0 Å². The van der Waals surface area contributed by atoms with Gasteiger partial charge in [-0.25, -0.2) is 4.79 Å². The highest BCUT2D eigenvalue weighted by Gasteiger charge is 2.46. The van der Waals surface area contributed by atoms with Gasteiger partial charge >= 0.3 is 11.9 Å². The van der Waals surface area contributed by atoms with E-state index in [1.807, 2.05) is 0 Å². The van der Waals surface area contributed by atoms with Crippen molar-refractivity contribution in [1.29, 1.82) is 0 Å². The molecule has 3 nitrogen and oxygen atoms in total. The van der Waals surface area contributed by atoms with E-state index in [0.717, 1.165) is 5.56 Å². The number of alkyl halides is 2. The number of carboxylic acids is 1. The second kappa shape index (κ2) is 4.84. The summed E-state index contributed by atoms with van der Waals surface area (Å²) in [4.78, 5) is 10.7. The summed E-state index contributed by atoms with van der Waals surface area (Å²) in [5.41, 5.74) is 0.801. The van der Waals surface area contributed by atoms with E-state index in [0.29, 0.717) is 10.0 Å². The van der Waals surface area contributed by atoms with Gasteiger partial charge < -0.3 is 9.84 Å². The Morgan fingerprint density at radius 3 is 2.11 bits per heavy atom. The largest absolute Gasteiger partial charge is 0.496 e. The Bertz CT molecular complexity index is 513. The minimum Gasteiger partial charge on any atom is -0.496 e. The van der Waals surface area contributed by atoms with Crippen molar-refractivity contribution in [2.24, 2.45) is 0 Å². The van der Waals surface area contributed by atoms with E-state index < -0.39 is 17.5 Å². The zero-order chi connectivity index (χ0) is 14.2. The molecular formula is C12H13BrF2O3. The first-order valence-corrected chi connectivity index (χ1v) is 5.90. The first kappa shape index (κ1) is 14.9. The number of ether oxygens (including phenoxy) is 1. The van der Waals surface area contributed by atoms with Crippen LogP contribution < -0.4 is 4.74 Å². The molecule has 1 aromatic carbocycles. The second-order valence-corrected chi connectivity index (χ2v) is 4.77. The van der Waals surface area contributed by atoms with Gasteiger partial charge in [0.25, 0.3) is 0 Å². The van der Waals surface area contributed by atoms with Gasteiger partial charge in [0.05, 0.1) is 12.7 Å². The maximum Gasteiger partial charge on any atom is 0.379 e. The van der Waals surface area contributed by atoms with Gasteiger partial charge in [0.1, 0.15) is 5.75 Å². The molecule has 0 radical (unpaired) electrons. The number of carbonyl (C=O) groups is 1. The highest BCUT2D eigenvalue weighted by molar-refractivity contribution is 9.10. The summed E-state index contributed by atoms with van der Waals surface area (Å²) in [6.45, 7) is 4.79. The number of aliphatic carboxylic acids is 1. The molecule has 0 bridgehead atoms. The number of carboxylic acid groups (broad SMARTS) is 1. The molecule has 18 heavy (non-hydrogen) atoms. The standard InChI is InChI=1S/C12H13BrF2O3/c1-5-6(2)10(18-4)8(7(3)9(5)13)12(14,15)11(16)17/h1-4H3,(H,16,17). The zero-order valence-electron chi connectivity index (χ0n) is 10.4. The van der Waals surface area contributed by atoms with Crippen LogP contribution in [-0.4, -0.2) is 18.2 Å². The molecule has 6 heteroatoms. The van der Waals surface area contributed by atoms with Gasteiger partial charge in [-0.3, -0.25) is 0 Å². The number of methoxy groups -OCH3 is 1. The molecule has 1 aromatic rings. The fraction of sp³-hybridized carbons (Fsp3) is 0.417. The van der Waals surface area contributed by atoms with Crippen LogP contribution in [0.4, 0.5) is 8.78 Å². The van der Waals surface area contributed by atoms with Gasteiger partial charge in [0, 0.05) is 4.47 Å². The summed E-state index contributed by atoms with van der Waals surface area (Å²) in [5, 5.41) is 8.67. The molecule has 0 aromatic heterocycles. The molecule has 0 aliphatic carbocycles.